The monoisotopic (exact) mass is 274 g/mol. The largest absolute Gasteiger partial charge is 0.379 e. The standard InChI is InChI=1S/C11H12F2N2O2S/c12-7-1-2-9(8(13)5-7)14-15-10(16)11(17)3-4-18-6-11/h1-2,5,14,17H,3-4,6H2,(H,15,16). The van der Waals surface area contributed by atoms with Crippen LogP contribution in [-0.2, 0) is 4.79 Å². The van der Waals surface area contributed by atoms with Crippen molar-refractivity contribution in [1.82, 2.24) is 5.43 Å². The van der Waals surface area contributed by atoms with Gasteiger partial charge in [0, 0.05) is 11.8 Å². The van der Waals surface area contributed by atoms with Gasteiger partial charge in [-0.25, -0.2) is 8.78 Å². The summed E-state index contributed by atoms with van der Waals surface area (Å²) in [4.78, 5) is 11.7. The Labute approximate surface area is 107 Å². The number of nitrogens with one attached hydrogen (secondary N) is 2. The average Bonchev–Trinajstić information content (AvgIpc) is 2.76. The molecule has 1 heterocycles. The van der Waals surface area contributed by atoms with Gasteiger partial charge in [-0.05, 0) is 24.3 Å². The summed E-state index contributed by atoms with van der Waals surface area (Å²) in [5.74, 6) is -1.11. The van der Waals surface area contributed by atoms with Gasteiger partial charge >= 0.3 is 0 Å². The van der Waals surface area contributed by atoms with Gasteiger partial charge in [0.05, 0.1) is 5.69 Å². The number of carbonyl (C=O) groups excluding carboxylic acids is 1. The summed E-state index contributed by atoms with van der Waals surface area (Å²) in [6.07, 6.45) is 0.358. The molecule has 1 aromatic rings. The van der Waals surface area contributed by atoms with Crippen LogP contribution in [0.3, 0.4) is 0 Å². The first-order chi connectivity index (χ1) is 8.51. The molecular weight excluding hydrogens is 262 g/mol. The minimum Gasteiger partial charge on any atom is -0.379 e. The second-order valence-corrected chi connectivity index (χ2v) is 5.14. The lowest BCUT2D eigenvalue weighted by Gasteiger charge is -2.20. The fourth-order valence-electron chi connectivity index (χ4n) is 1.56. The number of hydrogen-bond acceptors (Lipinski definition) is 4. The Hall–Kier alpha value is -1.34. The van der Waals surface area contributed by atoms with Crippen LogP contribution in [0.15, 0.2) is 18.2 Å². The Balaban J connectivity index is 1.97. The number of anilines is 1. The molecule has 7 heteroatoms. The van der Waals surface area contributed by atoms with Gasteiger partial charge in [-0.1, -0.05) is 0 Å². The molecular formula is C11H12F2N2O2S. The number of hydrazine groups is 1. The maximum atomic E-state index is 13.3. The third kappa shape index (κ3) is 2.73. The number of thioether (sulfide) groups is 1. The first-order valence-electron chi connectivity index (χ1n) is 5.33. The lowest BCUT2D eigenvalue weighted by molar-refractivity contribution is -0.136. The van der Waals surface area contributed by atoms with Crippen molar-refractivity contribution in [3.05, 3.63) is 29.8 Å². The Morgan fingerprint density at radius 1 is 1.44 bits per heavy atom. The smallest absolute Gasteiger partial charge is 0.271 e. The van der Waals surface area contributed by atoms with Gasteiger partial charge in [-0.15, -0.1) is 0 Å². The number of carbonyl (C=O) groups is 1. The number of halogens is 2. The highest BCUT2D eigenvalue weighted by Gasteiger charge is 2.39. The van der Waals surface area contributed by atoms with Crippen molar-refractivity contribution in [3.8, 4) is 0 Å². The summed E-state index contributed by atoms with van der Waals surface area (Å²) in [5, 5.41) is 9.92. The zero-order valence-electron chi connectivity index (χ0n) is 9.37. The molecule has 1 fully saturated rings. The maximum Gasteiger partial charge on any atom is 0.271 e. The molecule has 4 nitrogen and oxygen atoms in total. The number of rotatable bonds is 3. The van der Waals surface area contributed by atoms with Gasteiger partial charge < -0.3 is 5.11 Å². The molecule has 3 N–H and O–H groups in total. The molecule has 18 heavy (non-hydrogen) atoms. The van der Waals surface area contributed by atoms with E-state index >= 15 is 0 Å². The minimum atomic E-state index is -1.42. The molecule has 1 saturated heterocycles. The summed E-state index contributed by atoms with van der Waals surface area (Å²) in [7, 11) is 0. The lowest BCUT2D eigenvalue weighted by Crippen LogP contribution is -2.49. The lowest BCUT2D eigenvalue weighted by atomic mass is 10.0. The predicted octanol–water partition coefficient (Wildman–Crippen LogP) is 1.28. The zero-order valence-corrected chi connectivity index (χ0v) is 10.2. The van der Waals surface area contributed by atoms with Gasteiger partial charge in [-0.2, -0.15) is 11.8 Å². The molecule has 0 bridgehead atoms. The summed E-state index contributed by atoms with van der Waals surface area (Å²) < 4.78 is 25.9. The Bertz CT molecular complexity index is 464. The van der Waals surface area contributed by atoms with Gasteiger partial charge in [0.1, 0.15) is 5.82 Å². The number of aliphatic hydroxyl groups is 1. The highest BCUT2D eigenvalue weighted by Crippen LogP contribution is 2.27. The normalized spacial score (nSPS) is 22.8. The molecule has 0 aromatic heterocycles. The second-order valence-electron chi connectivity index (χ2n) is 4.04. The Morgan fingerprint density at radius 3 is 2.83 bits per heavy atom. The predicted molar refractivity (Wildman–Crippen MR) is 65.0 cm³/mol. The molecule has 1 aromatic carbocycles. The summed E-state index contributed by atoms with van der Waals surface area (Å²) in [6, 6.07) is 2.94. The second kappa shape index (κ2) is 5.11. The van der Waals surface area contributed by atoms with Crippen LogP contribution < -0.4 is 10.9 Å². The molecule has 0 aliphatic carbocycles. The van der Waals surface area contributed by atoms with Crippen LogP contribution in [0.1, 0.15) is 6.42 Å². The van der Waals surface area contributed by atoms with E-state index in [1.165, 1.54) is 17.8 Å². The first-order valence-corrected chi connectivity index (χ1v) is 6.48. The van der Waals surface area contributed by atoms with Crippen molar-refractivity contribution in [3.63, 3.8) is 0 Å². The molecule has 98 valence electrons. The van der Waals surface area contributed by atoms with Crippen molar-refractivity contribution in [2.75, 3.05) is 16.9 Å². The number of amides is 1. The molecule has 1 aliphatic heterocycles. The van der Waals surface area contributed by atoms with E-state index in [9.17, 15) is 18.7 Å². The zero-order chi connectivity index (χ0) is 13.2. The van der Waals surface area contributed by atoms with Crippen LogP contribution in [0.2, 0.25) is 0 Å². The highest BCUT2D eigenvalue weighted by molar-refractivity contribution is 7.99. The van der Waals surface area contributed by atoms with Gasteiger partial charge in [0.15, 0.2) is 11.4 Å². The van der Waals surface area contributed by atoms with Crippen molar-refractivity contribution in [2.24, 2.45) is 0 Å². The highest BCUT2D eigenvalue weighted by atomic mass is 32.2. The topological polar surface area (TPSA) is 61.4 Å². The molecule has 1 amide bonds. The van der Waals surface area contributed by atoms with E-state index in [2.05, 4.69) is 10.9 Å². The Morgan fingerprint density at radius 2 is 2.22 bits per heavy atom. The minimum absolute atomic E-state index is 0.0565. The van der Waals surface area contributed by atoms with Gasteiger partial charge in [-0.3, -0.25) is 15.6 Å². The van der Waals surface area contributed by atoms with Gasteiger partial charge in [0.25, 0.3) is 5.91 Å². The van der Waals surface area contributed by atoms with Crippen LogP contribution in [0.5, 0.6) is 0 Å². The third-order valence-corrected chi connectivity index (χ3v) is 3.84. The SMILES string of the molecule is O=C(NNc1ccc(F)cc1F)C1(O)CCSC1. The average molecular weight is 274 g/mol. The van der Waals surface area contributed by atoms with Crippen molar-refractivity contribution >= 4 is 23.4 Å². The van der Waals surface area contributed by atoms with Crippen molar-refractivity contribution in [1.29, 1.82) is 0 Å². The summed E-state index contributed by atoms with van der Waals surface area (Å²) >= 11 is 1.47. The number of hydrogen-bond donors (Lipinski definition) is 3. The third-order valence-electron chi connectivity index (χ3n) is 2.67. The fraction of sp³-hybridized carbons (Fsp3) is 0.364. The molecule has 0 saturated carbocycles. The summed E-state index contributed by atoms with van der Waals surface area (Å²) in [5.41, 5.74) is 3.08. The van der Waals surface area contributed by atoms with E-state index in [4.69, 9.17) is 0 Å². The first kappa shape index (κ1) is 13.1. The van der Waals surface area contributed by atoms with Crippen LogP contribution in [0.25, 0.3) is 0 Å². The summed E-state index contributed by atoms with van der Waals surface area (Å²) in [6.45, 7) is 0. The van der Waals surface area contributed by atoms with E-state index in [0.29, 0.717) is 24.0 Å². The van der Waals surface area contributed by atoms with E-state index in [1.54, 1.807) is 0 Å². The quantitative estimate of drug-likeness (QED) is 0.727. The Kier molecular flexibility index (Phi) is 3.72. The van der Waals surface area contributed by atoms with E-state index in [0.717, 1.165) is 6.07 Å². The van der Waals surface area contributed by atoms with Crippen LogP contribution >= 0.6 is 11.8 Å². The van der Waals surface area contributed by atoms with Crippen LogP contribution in [0.4, 0.5) is 14.5 Å². The van der Waals surface area contributed by atoms with E-state index in [-0.39, 0.29) is 5.69 Å². The van der Waals surface area contributed by atoms with E-state index < -0.39 is 23.1 Å². The number of benzene rings is 1. The molecule has 0 radical (unpaired) electrons. The van der Waals surface area contributed by atoms with Crippen LogP contribution in [0, 0.1) is 11.6 Å². The molecule has 1 unspecified atom stereocenters. The van der Waals surface area contributed by atoms with E-state index in [1.807, 2.05) is 0 Å². The maximum absolute atomic E-state index is 13.3. The van der Waals surface area contributed by atoms with Gasteiger partial charge in [0.2, 0.25) is 0 Å². The van der Waals surface area contributed by atoms with Crippen LogP contribution in [-0.4, -0.2) is 28.1 Å². The van der Waals surface area contributed by atoms with Crippen molar-refractivity contribution in [2.45, 2.75) is 12.0 Å². The van der Waals surface area contributed by atoms with Crippen molar-refractivity contribution < 1.29 is 18.7 Å². The molecule has 2 rings (SSSR count). The fourth-order valence-corrected chi connectivity index (χ4v) is 2.80. The molecule has 1 aliphatic rings. The molecule has 0 spiro atoms. The molecule has 1 atom stereocenters.